The number of nitrogens with one attached hydrogen (secondary N) is 2. The largest absolute Gasteiger partial charge is 0.491 e. The minimum absolute atomic E-state index is 0.120. The van der Waals surface area contributed by atoms with E-state index in [0.29, 0.717) is 48.9 Å². The molecule has 0 saturated heterocycles. The van der Waals surface area contributed by atoms with E-state index in [1.165, 1.54) is 0 Å². The van der Waals surface area contributed by atoms with Crippen molar-refractivity contribution >= 4 is 17.5 Å². The van der Waals surface area contributed by atoms with Crippen molar-refractivity contribution in [3.8, 4) is 5.75 Å². The van der Waals surface area contributed by atoms with Crippen LogP contribution < -0.4 is 15.4 Å². The zero-order chi connectivity index (χ0) is 22.5. The normalized spacial score (nSPS) is 10.7. The molecule has 0 aliphatic heterocycles. The van der Waals surface area contributed by atoms with Gasteiger partial charge in [-0.25, -0.2) is 0 Å². The third-order valence-electron chi connectivity index (χ3n) is 4.83. The molecule has 2 N–H and O–H groups in total. The van der Waals surface area contributed by atoms with Crippen molar-refractivity contribution in [1.29, 1.82) is 0 Å². The van der Waals surface area contributed by atoms with Gasteiger partial charge >= 0.3 is 0 Å². The highest BCUT2D eigenvalue weighted by Crippen LogP contribution is 2.15. The zero-order valence-corrected chi connectivity index (χ0v) is 18.6. The molecule has 0 atom stereocenters. The van der Waals surface area contributed by atoms with E-state index in [0.717, 1.165) is 19.6 Å². The number of carbonyl (C=O) groups excluding carboxylic acids is 2. The summed E-state index contributed by atoms with van der Waals surface area (Å²) in [5, 5.41) is 5.76. The van der Waals surface area contributed by atoms with Crippen LogP contribution in [0.5, 0.6) is 5.75 Å². The van der Waals surface area contributed by atoms with E-state index in [1.54, 1.807) is 48.5 Å². The van der Waals surface area contributed by atoms with Gasteiger partial charge in [-0.2, -0.15) is 0 Å². The minimum Gasteiger partial charge on any atom is -0.491 e. The lowest BCUT2D eigenvalue weighted by molar-refractivity contribution is 0.0948. The Bertz CT molecular complexity index is 803. The molecular weight excluding hydrogens is 394 g/mol. The number of likely N-dealkylation sites (N-methyl/N-ethyl adjacent to an activating group) is 1. The van der Waals surface area contributed by atoms with Gasteiger partial charge in [-0.15, -0.1) is 0 Å². The van der Waals surface area contributed by atoms with Crippen LogP contribution in [0.4, 0.5) is 5.69 Å². The van der Waals surface area contributed by atoms with Crippen LogP contribution in [-0.4, -0.2) is 62.7 Å². The Balaban J connectivity index is 1.82. The maximum Gasteiger partial charge on any atom is 0.255 e. The highest BCUT2D eigenvalue weighted by molar-refractivity contribution is 6.04. The van der Waals surface area contributed by atoms with Crippen LogP contribution in [0.3, 0.4) is 0 Å². The average molecular weight is 428 g/mol. The van der Waals surface area contributed by atoms with Gasteiger partial charge in [0.1, 0.15) is 12.4 Å². The van der Waals surface area contributed by atoms with E-state index >= 15 is 0 Å². The molecular formula is C24H33N3O4. The van der Waals surface area contributed by atoms with Crippen LogP contribution >= 0.6 is 0 Å². The van der Waals surface area contributed by atoms with Crippen LogP contribution in [0.15, 0.2) is 48.5 Å². The van der Waals surface area contributed by atoms with Gasteiger partial charge in [0.05, 0.1) is 6.61 Å². The third kappa shape index (κ3) is 8.39. The molecule has 7 heteroatoms. The lowest BCUT2D eigenvalue weighted by Gasteiger charge is -2.18. The Morgan fingerprint density at radius 3 is 2.06 bits per heavy atom. The lowest BCUT2D eigenvalue weighted by Crippen LogP contribution is -2.34. The van der Waals surface area contributed by atoms with Crippen LogP contribution in [-0.2, 0) is 4.74 Å². The SMILES string of the molecule is CCOCCOc1ccc(C(=O)Nc2ccc(C(=O)NCCN(CC)CC)cc2)cc1. The maximum absolute atomic E-state index is 12.4. The van der Waals surface area contributed by atoms with Crippen molar-refractivity contribution in [3.05, 3.63) is 59.7 Å². The lowest BCUT2D eigenvalue weighted by atomic mass is 10.1. The fourth-order valence-electron chi connectivity index (χ4n) is 2.94. The Morgan fingerprint density at radius 2 is 1.45 bits per heavy atom. The molecule has 0 aliphatic carbocycles. The first-order valence-electron chi connectivity index (χ1n) is 10.8. The predicted molar refractivity (Wildman–Crippen MR) is 123 cm³/mol. The summed E-state index contributed by atoms with van der Waals surface area (Å²) in [4.78, 5) is 27.0. The molecule has 0 saturated carbocycles. The van der Waals surface area contributed by atoms with E-state index < -0.39 is 0 Å². The molecule has 0 aliphatic rings. The van der Waals surface area contributed by atoms with Gasteiger partial charge in [-0.3, -0.25) is 9.59 Å². The Hall–Kier alpha value is -2.90. The number of anilines is 1. The molecule has 0 aromatic heterocycles. The molecule has 2 aromatic carbocycles. The molecule has 168 valence electrons. The van der Waals surface area contributed by atoms with Crippen LogP contribution in [0.25, 0.3) is 0 Å². The summed E-state index contributed by atoms with van der Waals surface area (Å²) >= 11 is 0. The molecule has 2 amide bonds. The molecule has 0 bridgehead atoms. The first-order valence-corrected chi connectivity index (χ1v) is 10.8. The first-order chi connectivity index (χ1) is 15.1. The fraction of sp³-hybridized carbons (Fsp3) is 0.417. The Labute approximate surface area is 184 Å². The second kappa shape index (κ2) is 13.4. The summed E-state index contributed by atoms with van der Waals surface area (Å²) in [6.45, 7) is 11.1. The molecule has 7 nitrogen and oxygen atoms in total. The standard InChI is InChI=1S/C24H33N3O4/c1-4-27(5-2)16-15-25-23(28)19-7-11-21(12-8-19)26-24(29)20-9-13-22(14-10-20)31-18-17-30-6-3/h7-14H,4-6,15-18H2,1-3H3,(H,25,28)(H,26,29). The topological polar surface area (TPSA) is 79.9 Å². The maximum atomic E-state index is 12.4. The first kappa shape index (κ1) is 24.4. The van der Waals surface area contributed by atoms with E-state index in [2.05, 4.69) is 29.4 Å². The number of hydrogen-bond acceptors (Lipinski definition) is 5. The smallest absolute Gasteiger partial charge is 0.255 e. The zero-order valence-electron chi connectivity index (χ0n) is 18.6. The van der Waals surface area contributed by atoms with Gasteiger partial charge in [0.15, 0.2) is 0 Å². The Morgan fingerprint density at radius 1 is 0.839 bits per heavy atom. The van der Waals surface area contributed by atoms with Gasteiger partial charge in [0.25, 0.3) is 11.8 Å². The summed E-state index contributed by atoms with van der Waals surface area (Å²) in [7, 11) is 0. The van der Waals surface area contributed by atoms with Gasteiger partial charge in [-0.1, -0.05) is 13.8 Å². The molecule has 0 unspecified atom stereocenters. The van der Waals surface area contributed by atoms with Crippen molar-refractivity contribution < 1.29 is 19.1 Å². The number of rotatable bonds is 13. The van der Waals surface area contributed by atoms with Crippen LogP contribution in [0, 0.1) is 0 Å². The minimum atomic E-state index is -0.225. The van der Waals surface area contributed by atoms with Crippen molar-refractivity contribution in [2.75, 3.05) is 51.3 Å². The number of hydrogen-bond donors (Lipinski definition) is 2. The van der Waals surface area contributed by atoms with Gasteiger partial charge in [-0.05, 0) is 68.5 Å². The second-order valence-corrected chi connectivity index (χ2v) is 6.88. The highest BCUT2D eigenvalue weighted by atomic mass is 16.5. The molecule has 2 aromatic rings. The number of ether oxygens (including phenoxy) is 2. The van der Waals surface area contributed by atoms with E-state index in [-0.39, 0.29) is 11.8 Å². The van der Waals surface area contributed by atoms with E-state index in [1.807, 2.05) is 6.92 Å². The van der Waals surface area contributed by atoms with Crippen LogP contribution in [0.1, 0.15) is 41.5 Å². The monoisotopic (exact) mass is 427 g/mol. The van der Waals surface area contributed by atoms with Gasteiger partial charge < -0.3 is 25.0 Å². The molecule has 0 heterocycles. The summed E-state index contributed by atoms with van der Waals surface area (Å²) in [5.74, 6) is 0.342. The average Bonchev–Trinajstić information content (AvgIpc) is 2.80. The molecule has 0 radical (unpaired) electrons. The van der Waals surface area contributed by atoms with Gasteiger partial charge in [0.2, 0.25) is 0 Å². The third-order valence-corrected chi connectivity index (χ3v) is 4.83. The van der Waals surface area contributed by atoms with Gasteiger partial charge in [0, 0.05) is 36.5 Å². The number of amides is 2. The number of benzene rings is 2. The predicted octanol–water partition coefficient (Wildman–Crippen LogP) is 3.43. The molecule has 0 fully saturated rings. The Kier molecular flexibility index (Phi) is 10.5. The summed E-state index contributed by atoms with van der Waals surface area (Å²) in [5.41, 5.74) is 1.71. The van der Waals surface area contributed by atoms with Crippen molar-refractivity contribution in [1.82, 2.24) is 10.2 Å². The highest BCUT2D eigenvalue weighted by Gasteiger charge is 2.09. The number of nitrogens with zero attached hydrogens (tertiary/aromatic N) is 1. The van der Waals surface area contributed by atoms with Crippen molar-refractivity contribution in [2.24, 2.45) is 0 Å². The second-order valence-electron chi connectivity index (χ2n) is 6.88. The van der Waals surface area contributed by atoms with Crippen molar-refractivity contribution in [3.63, 3.8) is 0 Å². The summed E-state index contributed by atoms with van der Waals surface area (Å²) in [6, 6.07) is 13.8. The summed E-state index contributed by atoms with van der Waals surface area (Å²) < 4.78 is 10.8. The summed E-state index contributed by atoms with van der Waals surface area (Å²) in [6.07, 6.45) is 0. The molecule has 0 spiro atoms. The molecule has 31 heavy (non-hydrogen) atoms. The van der Waals surface area contributed by atoms with Crippen molar-refractivity contribution in [2.45, 2.75) is 20.8 Å². The van der Waals surface area contributed by atoms with E-state index in [9.17, 15) is 9.59 Å². The van der Waals surface area contributed by atoms with Crippen LogP contribution in [0.2, 0.25) is 0 Å². The molecule has 2 rings (SSSR count). The number of carbonyl (C=O) groups is 2. The van der Waals surface area contributed by atoms with E-state index in [4.69, 9.17) is 9.47 Å². The quantitative estimate of drug-likeness (QED) is 0.479. The fourth-order valence-corrected chi connectivity index (χ4v) is 2.94.